The fraction of sp³-hybridized carbons (Fsp3) is 0.513. The number of carbonyl (C=O) groups is 3. The van der Waals surface area contributed by atoms with Crippen LogP contribution in [0, 0.1) is 0 Å². The van der Waals surface area contributed by atoms with E-state index in [1.54, 1.807) is 14.0 Å². The molecule has 1 aromatic heterocycles. The molecule has 46 heavy (non-hydrogen) atoms. The van der Waals surface area contributed by atoms with Gasteiger partial charge < -0.3 is 23.6 Å². The van der Waals surface area contributed by atoms with Gasteiger partial charge in [-0.25, -0.2) is 0 Å². The Labute approximate surface area is 282 Å². The van der Waals surface area contributed by atoms with E-state index in [4.69, 9.17) is 21.1 Å². The third-order valence-electron chi connectivity index (χ3n) is 7.37. The van der Waals surface area contributed by atoms with Crippen LogP contribution < -0.4 is 4.74 Å². The number of hydrogen-bond donors (Lipinski definition) is 0. The summed E-state index contributed by atoms with van der Waals surface area (Å²) in [5.74, 6) is 1.43. The van der Waals surface area contributed by atoms with Gasteiger partial charge >= 0.3 is 5.97 Å². The number of nitrogens with zero attached hydrogens (tertiary/aromatic N) is 1. The van der Waals surface area contributed by atoms with Crippen molar-refractivity contribution in [1.82, 2.24) is 4.57 Å². The van der Waals surface area contributed by atoms with Gasteiger partial charge in [0.1, 0.15) is 17.8 Å². The molecule has 0 radical (unpaired) electrons. The van der Waals surface area contributed by atoms with Crippen LogP contribution in [0.15, 0.2) is 54.7 Å². The first-order valence-electron chi connectivity index (χ1n) is 16.9. The normalized spacial score (nSPS) is 12.7. The highest BCUT2D eigenvalue weighted by atomic mass is 35.5. The summed E-state index contributed by atoms with van der Waals surface area (Å²) in [7, 11) is 1.77. The molecule has 6 nitrogen and oxygen atoms in total. The second kappa shape index (κ2) is 23.9. The molecule has 1 aliphatic heterocycles. The minimum absolute atomic E-state index is 0.112. The molecule has 0 saturated carbocycles. The molecule has 7 heteroatoms. The van der Waals surface area contributed by atoms with Crippen LogP contribution in [-0.4, -0.2) is 36.3 Å². The third kappa shape index (κ3) is 13.9. The van der Waals surface area contributed by atoms with Gasteiger partial charge in [0.25, 0.3) is 0 Å². The molecule has 1 unspecified atom stereocenters. The highest BCUT2D eigenvalue weighted by Gasteiger charge is 2.26. The van der Waals surface area contributed by atoms with E-state index < -0.39 is 0 Å². The molecule has 0 amide bonds. The summed E-state index contributed by atoms with van der Waals surface area (Å²) in [6, 6.07) is 17.1. The van der Waals surface area contributed by atoms with Crippen molar-refractivity contribution in [3.05, 3.63) is 82.1 Å². The first-order chi connectivity index (χ1) is 22.2. The number of esters is 1. The number of aromatic nitrogens is 1. The number of methoxy groups -OCH3 is 1. The number of para-hydroxylation sites is 1. The maximum Gasteiger partial charge on any atom is 0.305 e. The van der Waals surface area contributed by atoms with Crippen LogP contribution in [0.1, 0.15) is 128 Å². The molecule has 3 aromatic rings. The van der Waals surface area contributed by atoms with Crippen molar-refractivity contribution in [1.29, 1.82) is 0 Å². The smallest absolute Gasteiger partial charge is 0.305 e. The Morgan fingerprint density at radius 1 is 0.935 bits per heavy atom. The molecule has 2 aromatic carbocycles. The van der Waals surface area contributed by atoms with Crippen LogP contribution in [0.25, 0.3) is 5.69 Å². The van der Waals surface area contributed by atoms with Gasteiger partial charge in [-0.05, 0) is 87.4 Å². The minimum Gasteiger partial charge on any atom is -0.496 e. The number of halogens is 1. The molecule has 0 fully saturated rings. The maximum atomic E-state index is 10.9. The summed E-state index contributed by atoms with van der Waals surface area (Å²) in [5.41, 5.74) is 6.35. The number of rotatable bonds is 12. The van der Waals surface area contributed by atoms with Crippen LogP contribution >= 0.6 is 11.6 Å². The number of ketones is 1. The number of ether oxygens (including phenoxy) is 2. The van der Waals surface area contributed by atoms with E-state index in [-0.39, 0.29) is 17.7 Å². The number of aryl methyl sites for hydroxylation is 2. The van der Waals surface area contributed by atoms with Crippen LogP contribution in [0.5, 0.6) is 5.75 Å². The molecule has 1 aliphatic rings. The number of hydrogen-bond acceptors (Lipinski definition) is 5. The van der Waals surface area contributed by atoms with E-state index in [9.17, 15) is 14.4 Å². The van der Waals surface area contributed by atoms with E-state index in [1.807, 2.05) is 19.9 Å². The topological polar surface area (TPSA) is 74.6 Å². The summed E-state index contributed by atoms with van der Waals surface area (Å²) in [5, 5.41) is 0.782. The molecule has 1 atom stereocenters. The van der Waals surface area contributed by atoms with Gasteiger partial charge in [0.05, 0.1) is 13.7 Å². The lowest BCUT2D eigenvalue weighted by molar-refractivity contribution is -0.143. The van der Waals surface area contributed by atoms with Gasteiger partial charge in [0.15, 0.2) is 0 Å². The summed E-state index contributed by atoms with van der Waals surface area (Å²) in [4.78, 5) is 30.7. The highest BCUT2D eigenvalue weighted by Crippen LogP contribution is 2.42. The fourth-order valence-corrected chi connectivity index (χ4v) is 5.47. The number of fused-ring (bicyclic) bond motifs is 3. The molecule has 0 spiro atoms. The van der Waals surface area contributed by atoms with Crippen LogP contribution in [0.4, 0.5) is 0 Å². The number of benzene rings is 2. The Hall–Kier alpha value is -3.38. The van der Waals surface area contributed by atoms with Gasteiger partial charge in [0, 0.05) is 53.3 Å². The van der Waals surface area contributed by atoms with Crippen molar-refractivity contribution in [3.8, 4) is 11.4 Å². The Kier molecular flexibility index (Phi) is 21.1. The van der Waals surface area contributed by atoms with E-state index in [2.05, 4.69) is 74.0 Å². The van der Waals surface area contributed by atoms with Crippen molar-refractivity contribution in [3.63, 3.8) is 0 Å². The van der Waals surface area contributed by atoms with Crippen molar-refractivity contribution in [2.75, 3.05) is 13.7 Å². The van der Waals surface area contributed by atoms with Gasteiger partial charge in [-0.1, -0.05) is 76.8 Å². The van der Waals surface area contributed by atoms with Crippen molar-refractivity contribution in [2.24, 2.45) is 0 Å². The van der Waals surface area contributed by atoms with Gasteiger partial charge in [-0.2, -0.15) is 0 Å². The number of unbranched alkanes of at least 4 members (excludes halogenated alkanes) is 3. The minimum atomic E-state index is -0.112. The zero-order valence-corrected chi connectivity index (χ0v) is 30.0. The largest absolute Gasteiger partial charge is 0.496 e. The Morgan fingerprint density at radius 3 is 2.20 bits per heavy atom. The van der Waals surface area contributed by atoms with Crippen LogP contribution in [-0.2, 0) is 32.0 Å². The quantitative estimate of drug-likeness (QED) is 0.110. The first-order valence-corrected chi connectivity index (χ1v) is 17.3. The van der Waals surface area contributed by atoms with E-state index in [0.717, 1.165) is 62.0 Å². The van der Waals surface area contributed by atoms with Crippen LogP contribution in [0.3, 0.4) is 0 Å². The Bertz CT molecular complexity index is 1320. The summed E-state index contributed by atoms with van der Waals surface area (Å²) in [6.07, 6.45) is 13.0. The van der Waals surface area contributed by atoms with Gasteiger partial charge in [-0.3, -0.25) is 4.79 Å². The lowest BCUT2D eigenvalue weighted by Gasteiger charge is -2.22. The average molecular weight is 654 g/mol. The second-order valence-corrected chi connectivity index (χ2v) is 11.7. The molecule has 254 valence electrons. The standard InChI is InChI=1S/C22H22ClNO.C11H20O3.C3H6O.C3H8/c1-3-15-6-4-8-19(22(15)25-2)18-11-10-17-7-5-13-24(17)21-12-9-16(23)14-20(18)21;1-3-14-11(13)9-7-5-4-6-8-10(2)12;1-2-3-4;1-3-2/h4-9,12-14,18H,3,10-11H2,1-2H3;3-9H2,1-2H3;3H,2H2,1H3;3H2,1-2H3. The lowest BCUT2D eigenvalue weighted by Crippen LogP contribution is -2.07. The van der Waals surface area contributed by atoms with Crippen molar-refractivity contribution < 1.29 is 23.9 Å². The predicted molar refractivity (Wildman–Crippen MR) is 191 cm³/mol. The summed E-state index contributed by atoms with van der Waals surface area (Å²) >= 11 is 6.38. The average Bonchev–Trinajstić information content (AvgIpc) is 3.46. The number of carbonyl (C=O) groups excluding carboxylic acids is 3. The molecular formula is C39H56ClNO5. The lowest BCUT2D eigenvalue weighted by atomic mass is 9.85. The number of aldehydes is 1. The molecular weight excluding hydrogens is 598 g/mol. The van der Waals surface area contributed by atoms with E-state index in [0.29, 0.717) is 25.9 Å². The third-order valence-corrected chi connectivity index (χ3v) is 7.60. The SMILES string of the molecule is CCC.CCC=O.CCOC(=O)CCCCCCC(C)=O.CCc1cccc(C2CCc3cccn3-c3ccc(Cl)cc32)c1OC. The zero-order valence-electron chi connectivity index (χ0n) is 29.2. The summed E-state index contributed by atoms with van der Waals surface area (Å²) < 4.78 is 12.9. The highest BCUT2D eigenvalue weighted by molar-refractivity contribution is 6.30. The Morgan fingerprint density at radius 2 is 1.61 bits per heavy atom. The van der Waals surface area contributed by atoms with E-state index >= 15 is 0 Å². The molecule has 2 heterocycles. The first kappa shape index (κ1) is 40.6. The van der Waals surface area contributed by atoms with E-state index in [1.165, 1.54) is 34.5 Å². The van der Waals surface area contributed by atoms with Crippen molar-refractivity contribution in [2.45, 2.75) is 118 Å². The maximum absolute atomic E-state index is 10.9. The summed E-state index contributed by atoms with van der Waals surface area (Å²) in [6.45, 7) is 12.1. The molecule has 0 saturated heterocycles. The van der Waals surface area contributed by atoms with Gasteiger partial charge in [0.2, 0.25) is 0 Å². The second-order valence-electron chi connectivity index (χ2n) is 11.3. The molecule has 0 aliphatic carbocycles. The van der Waals surface area contributed by atoms with Crippen LogP contribution in [0.2, 0.25) is 5.02 Å². The molecule has 0 N–H and O–H groups in total. The van der Waals surface area contributed by atoms with Crippen molar-refractivity contribution >= 4 is 29.6 Å². The monoisotopic (exact) mass is 653 g/mol. The molecule has 0 bridgehead atoms. The molecule has 4 rings (SSSR count). The Balaban J connectivity index is 0.000000427. The zero-order chi connectivity index (χ0) is 34.3. The number of Topliss-reactive ketones (excluding diaryl/α,β-unsaturated/α-hetero) is 1. The van der Waals surface area contributed by atoms with Gasteiger partial charge in [-0.15, -0.1) is 0 Å². The predicted octanol–water partition coefficient (Wildman–Crippen LogP) is 10.3. The fourth-order valence-electron chi connectivity index (χ4n) is 5.29.